The zero-order valence-electron chi connectivity index (χ0n) is 11.4. The molecule has 0 radical (unpaired) electrons. The Kier molecular flexibility index (Phi) is 4.81. The Bertz CT molecular complexity index is 522. The number of carbonyl (C=O) groups is 2. The minimum absolute atomic E-state index is 0.00964. The van der Waals surface area contributed by atoms with Gasteiger partial charge in [-0.2, -0.15) is 0 Å². The maximum atomic E-state index is 12.2. The third-order valence-electron chi connectivity index (χ3n) is 3.89. The van der Waals surface area contributed by atoms with E-state index in [0.29, 0.717) is 25.7 Å². The summed E-state index contributed by atoms with van der Waals surface area (Å²) in [5.74, 6) is -1.12. The minimum Gasteiger partial charge on any atom is -0.481 e. The average Bonchev–Trinajstić information content (AvgIpc) is 2.43. The van der Waals surface area contributed by atoms with Crippen LogP contribution in [0, 0.1) is 18.8 Å². The fourth-order valence-corrected chi connectivity index (χ4v) is 2.90. The van der Waals surface area contributed by atoms with Gasteiger partial charge in [-0.3, -0.25) is 9.59 Å². The third kappa shape index (κ3) is 3.60. The highest BCUT2D eigenvalue weighted by atomic mass is 79.9. The topological polar surface area (TPSA) is 66.4 Å². The Morgan fingerprint density at radius 2 is 1.80 bits per heavy atom. The van der Waals surface area contributed by atoms with Crippen molar-refractivity contribution in [1.29, 1.82) is 0 Å². The fraction of sp³-hybridized carbons (Fsp3) is 0.467. The lowest BCUT2D eigenvalue weighted by Crippen LogP contribution is -2.29. The summed E-state index contributed by atoms with van der Waals surface area (Å²) in [6, 6.07) is 5.71. The van der Waals surface area contributed by atoms with Gasteiger partial charge in [0.05, 0.1) is 5.92 Å². The standard InChI is InChI=1S/C15H18BrNO3/c1-9-2-7-12(8-13(9)16)17-14(18)10-3-5-11(6-4-10)15(19)20/h2,7-8,10-11H,3-6H2,1H3,(H,17,18)(H,19,20). The number of anilines is 1. The SMILES string of the molecule is Cc1ccc(NC(=O)C2CCC(C(=O)O)CC2)cc1Br. The van der Waals surface area contributed by atoms with E-state index in [0.717, 1.165) is 15.7 Å². The number of benzene rings is 1. The van der Waals surface area contributed by atoms with Crippen LogP contribution in [-0.4, -0.2) is 17.0 Å². The summed E-state index contributed by atoms with van der Waals surface area (Å²) in [6.07, 6.45) is 2.47. The van der Waals surface area contributed by atoms with E-state index in [9.17, 15) is 9.59 Å². The van der Waals surface area contributed by atoms with E-state index in [1.54, 1.807) is 0 Å². The molecule has 0 aromatic heterocycles. The summed E-state index contributed by atoms with van der Waals surface area (Å²) in [6.45, 7) is 1.99. The first-order valence-corrected chi connectivity index (χ1v) is 7.56. The van der Waals surface area contributed by atoms with Crippen LogP contribution in [0.1, 0.15) is 31.2 Å². The van der Waals surface area contributed by atoms with Crippen molar-refractivity contribution < 1.29 is 14.7 Å². The highest BCUT2D eigenvalue weighted by Crippen LogP contribution is 2.30. The number of rotatable bonds is 3. The average molecular weight is 340 g/mol. The van der Waals surface area contributed by atoms with Gasteiger partial charge in [-0.25, -0.2) is 0 Å². The smallest absolute Gasteiger partial charge is 0.306 e. The quantitative estimate of drug-likeness (QED) is 0.884. The first-order valence-electron chi connectivity index (χ1n) is 6.77. The number of carbonyl (C=O) groups excluding carboxylic acids is 1. The van der Waals surface area contributed by atoms with E-state index in [-0.39, 0.29) is 17.7 Å². The van der Waals surface area contributed by atoms with E-state index in [1.807, 2.05) is 25.1 Å². The van der Waals surface area contributed by atoms with Crippen LogP contribution in [0.15, 0.2) is 22.7 Å². The fourth-order valence-electron chi connectivity index (χ4n) is 2.52. The maximum Gasteiger partial charge on any atom is 0.306 e. The number of halogens is 1. The lowest BCUT2D eigenvalue weighted by molar-refractivity contribution is -0.143. The Labute approximate surface area is 126 Å². The predicted octanol–water partition coefficient (Wildman–Crippen LogP) is 3.59. The van der Waals surface area contributed by atoms with Gasteiger partial charge < -0.3 is 10.4 Å². The second-order valence-electron chi connectivity index (χ2n) is 5.34. The van der Waals surface area contributed by atoms with Crippen molar-refractivity contribution in [3.05, 3.63) is 28.2 Å². The molecule has 1 aliphatic rings. The van der Waals surface area contributed by atoms with Crippen LogP contribution in [0.25, 0.3) is 0 Å². The molecule has 0 unspecified atom stereocenters. The van der Waals surface area contributed by atoms with Crippen LogP contribution >= 0.6 is 15.9 Å². The van der Waals surface area contributed by atoms with E-state index >= 15 is 0 Å². The highest BCUT2D eigenvalue weighted by Gasteiger charge is 2.29. The molecule has 0 atom stereocenters. The zero-order chi connectivity index (χ0) is 14.7. The van der Waals surface area contributed by atoms with Crippen molar-refractivity contribution in [1.82, 2.24) is 0 Å². The van der Waals surface area contributed by atoms with Crippen molar-refractivity contribution in [2.75, 3.05) is 5.32 Å². The first-order chi connectivity index (χ1) is 9.47. The van der Waals surface area contributed by atoms with Gasteiger partial charge in [0.1, 0.15) is 0 Å². The van der Waals surface area contributed by atoms with Gasteiger partial charge in [-0.05, 0) is 50.3 Å². The van der Waals surface area contributed by atoms with Crippen molar-refractivity contribution >= 4 is 33.5 Å². The predicted molar refractivity (Wildman–Crippen MR) is 80.6 cm³/mol. The molecule has 1 fully saturated rings. The summed E-state index contributed by atoms with van der Waals surface area (Å²) in [5, 5.41) is 11.9. The molecule has 1 aliphatic carbocycles. The second-order valence-corrected chi connectivity index (χ2v) is 6.19. The number of carboxylic acid groups (broad SMARTS) is 1. The number of hydrogen-bond acceptors (Lipinski definition) is 2. The molecule has 2 N–H and O–H groups in total. The maximum absolute atomic E-state index is 12.2. The van der Waals surface area contributed by atoms with Crippen molar-refractivity contribution in [3.8, 4) is 0 Å². The largest absolute Gasteiger partial charge is 0.481 e. The zero-order valence-corrected chi connectivity index (χ0v) is 12.9. The Morgan fingerprint density at radius 1 is 1.20 bits per heavy atom. The molecule has 0 heterocycles. The molecule has 2 rings (SSSR count). The molecule has 20 heavy (non-hydrogen) atoms. The minimum atomic E-state index is -0.744. The molecule has 0 aliphatic heterocycles. The van der Waals surface area contributed by atoms with E-state index in [4.69, 9.17) is 5.11 Å². The van der Waals surface area contributed by atoms with Crippen molar-refractivity contribution in [3.63, 3.8) is 0 Å². The lowest BCUT2D eigenvalue weighted by Gasteiger charge is -2.25. The molecule has 0 saturated heterocycles. The van der Waals surface area contributed by atoms with E-state index < -0.39 is 5.97 Å². The van der Waals surface area contributed by atoms with Gasteiger partial charge in [0, 0.05) is 16.1 Å². The molecule has 0 spiro atoms. The first kappa shape index (κ1) is 15.0. The number of aliphatic carboxylic acids is 1. The molecular formula is C15H18BrNO3. The van der Waals surface area contributed by atoms with Gasteiger partial charge in [0.25, 0.3) is 0 Å². The molecule has 4 nitrogen and oxygen atoms in total. The summed E-state index contributed by atoms with van der Waals surface area (Å²) in [7, 11) is 0. The second kappa shape index (κ2) is 6.39. The normalized spacial score (nSPS) is 22.3. The molecule has 1 amide bonds. The lowest BCUT2D eigenvalue weighted by atomic mass is 9.81. The number of hydrogen-bond donors (Lipinski definition) is 2. The van der Waals surface area contributed by atoms with E-state index in [2.05, 4.69) is 21.2 Å². The molecule has 1 saturated carbocycles. The number of nitrogens with one attached hydrogen (secondary N) is 1. The molecule has 5 heteroatoms. The molecule has 1 aromatic carbocycles. The number of carboxylic acids is 1. The van der Waals surface area contributed by atoms with E-state index in [1.165, 1.54) is 0 Å². The Balaban J connectivity index is 1.92. The molecule has 108 valence electrons. The molecular weight excluding hydrogens is 322 g/mol. The van der Waals surface area contributed by atoms with Crippen LogP contribution < -0.4 is 5.32 Å². The van der Waals surface area contributed by atoms with Gasteiger partial charge >= 0.3 is 5.97 Å². The summed E-state index contributed by atoms with van der Waals surface area (Å²) >= 11 is 3.44. The third-order valence-corrected chi connectivity index (χ3v) is 4.74. The number of aryl methyl sites for hydroxylation is 1. The van der Waals surface area contributed by atoms with Crippen LogP contribution in [0.4, 0.5) is 5.69 Å². The van der Waals surface area contributed by atoms with Crippen LogP contribution in [0.2, 0.25) is 0 Å². The van der Waals surface area contributed by atoms with Crippen LogP contribution in [-0.2, 0) is 9.59 Å². The van der Waals surface area contributed by atoms with Gasteiger partial charge in [0.15, 0.2) is 0 Å². The summed E-state index contributed by atoms with van der Waals surface area (Å²) in [5.41, 5.74) is 1.89. The Hall–Kier alpha value is -1.36. The monoisotopic (exact) mass is 339 g/mol. The van der Waals surface area contributed by atoms with Crippen LogP contribution in [0.3, 0.4) is 0 Å². The number of amides is 1. The van der Waals surface area contributed by atoms with Gasteiger partial charge in [-0.15, -0.1) is 0 Å². The highest BCUT2D eigenvalue weighted by molar-refractivity contribution is 9.10. The van der Waals surface area contributed by atoms with Gasteiger partial charge in [0.2, 0.25) is 5.91 Å². The summed E-state index contributed by atoms with van der Waals surface area (Å²) < 4.78 is 0.963. The Morgan fingerprint density at radius 3 is 2.35 bits per heavy atom. The van der Waals surface area contributed by atoms with Gasteiger partial charge in [-0.1, -0.05) is 22.0 Å². The van der Waals surface area contributed by atoms with Crippen molar-refractivity contribution in [2.24, 2.45) is 11.8 Å². The molecule has 0 bridgehead atoms. The van der Waals surface area contributed by atoms with Crippen LogP contribution in [0.5, 0.6) is 0 Å². The summed E-state index contributed by atoms with van der Waals surface area (Å²) in [4.78, 5) is 23.1. The van der Waals surface area contributed by atoms with Crippen molar-refractivity contribution in [2.45, 2.75) is 32.6 Å². The molecule has 1 aromatic rings.